The molecule has 0 saturated carbocycles. The number of fused-ring (bicyclic) bond motifs is 4. The highest BCUT2D eigenvalue weighted by atomic mass is 16.2. The minimum atomic E-state index is 0.101. The van der Waals surface area contributed by atoms with Gasteiger partial charge in [-0.05, 0) is 68.4 Å². The molecule has 3 aliphatic heterocycles. The number of carbonyl (C=O) groups is 2. The van der Waals surface area contributed by atoms with Crippen molar-refractivity contribution >= 4 is 11.8 Å². The van der Waals surface area contributed by atoms with E-state index >= 15 is 0 Å². The molecule has 28 heavy (non-hydrogen) atoms. The van der Waals surface area contributed by atoms with Crippen LogP contribution in [0, 0.1) is 24.7 Å². The van der Waals surface area contributed by atoms with Crippen LogP contribution in [-0.2, 0) is 4.79 Å². The lowest BCUT2D eigenvalue weighted by Crippen LogP contribution is -2.65. The standard InChI is InChI=1S/C23H33N3O2/c1-15(2)7-8-21-19-10-18(20-5-4-6-22(27)26(20)21)13-25(14-19)23(28)17-9-16(3)11-24-12-17/h9,11-12,15,18-21H,4-8,10,13-14H2,1-3H3/t18-,19+,20+,21+/m1/s1. The summed E-state index contributed by atoms with van der Waals surface area (Å²) >= 11 is 0. The van der Waals surface area contributed by atoms with Crippen molar-refractivity contribution in [1.29, 1.82) is 0 Å². The van der Waals surface area contributed by atoms with E-state index in [1.54, 1.807) is 12.4 Å². The van der Waals surface area contributed by atoms with Gasteiger partial charge in [0, 0.05) is 44.0 Å². The molecule has 0 aromatic carbocycles. The monoisotopic (exact) mass is 383 g/mol. The Bertz CT molecular complexity index is 747. The minimum absolute atomic E-state index is 0.101. The van der Waals surface area contributed by atoms with Crippen LogP contribution in [0.4, 0.5) is 0 Å². The number of pyridine rings is 1. The predicted octanol–water partition coefficient (Wildman–Crippen LogP) is 3.67. The van der Waals surface area contributed by atoms with Gasteiger partial charge in [-0.15, -0.1) is 0 Å². The van der Waals surface area contributed by atoms with Crippen molar-refractivity contribution in [3.8, 4) is 0 Å². The summed E-state index contributed by atoms with van der Waals surface area (Å²) in [7, 11) is 0. The molecular weight excluding hydrogens is 350 g/mol. The highest BCUT2D eigenvalue weighted by Gasteiger charge is 2.49. The first-order valence-electron chi connectivity index (χ1n) is 11.0. The van der Waals surface area contributed by atoms with Crippen LogP contribution in [0.1, 0.15) is 68.3 Å². The fourth-order valence-electron chi connectivity index (χ4n) is 5.67. The second kappa shape index (κ2) is 7.84. The molecule has 5 nitrogen and oxygen atoms in total. The Balaban J connectivity index is 1.58. The number of likely N-dealkylation sites (tertiary alicyclic amines) is 1. The minimum Gasteiger partial charge on any atom is -0.338 e. The van der Waals surface area contributed by atoms with Gasteiger partial charge in [0.25, 0.3) is 5.91 Å². The fraction of sp³-hybridized carbons (Fsp3) is 0.696. The number of hydrogen-bond acceptors (Lipinski definition) is 3. The van der Waals surface area contributed by atoms with Gasteiger partial charge in [-0.1, -0.05) is 13.8 Å². The third kappa shape index (κ3) is 3.68. The first-order valence-corrected chi connectivity index (χ1v) is 11.0. The van der Waals surface area contributed by atoms with Gasteiger partial charge >= 0.3 is 0 Å². The molecule has 0 N–H and O–H groups in total. The smallest absolute Gasteiger partial charge is 0.255 e. The van der Waals surface area contributed by atoms with Crippen molar-refractivity contribution in [3.05, 3.63) is 29.6 Å². The summed E-state index contributed by atoms with van der Waals surface area (Å²) in [6.45, 7) is 8.02. The Hall–Kier alpha value is -1.91. The van der Waals surface area contributed by atoms with Gasteiger partial charge in [0.05, 0.1) is 5.56 Å². The first kappa shape index (κ1) is 19.4. The van der Waals surface area contributed by atoms with Crippen LogP contribution in [-0.4, -0.2) is 51.8 Å². The van der Waals surface area contributed by atoms with Crippen molar-refractivity contribution in [1.82, 2.24) is 14.8 Å². The van der Waals surface area contributed by atoms with Crippen LogP contribution in [0.2, 0.25) is 0 Å². The number of piperidine rings is 3. The average molecular weight is 384 g/mol. The molecule has 4 atom stereocenters. The zero-order chi connectivity index (χ0) is 19.8. The van der Waals surface area contributed by atoms with Gasteiger partial charge in [-0.3, -0.25) is 14.6 Å². The maximum absolute atomic E-state index is 13.2. The Morgan fingerprint density at radius 1 is 1.25 bits per heavy atom. The van der Waals surface area contributed by atoms with Gasteiger partial charge in [0.1, 0.15) is 0 Å². The van der Waals surface area contributed by atoms with Crippen molar-refractivity contribution in [2.45, 2.75) is 71.4 Å². The normalized spacial score (nSPS) is 29.8. The van der Waals surface area contributed by atoms with Crippen LogP contribution in [0.15, 0.2) is 18.5 Å². The number of amides is 2. The van der Waals surface area contributed by atoms with E-state index in [9.17, 15) is 9.59 Å². The van der Waals surface area contributed by atoms with Crippen molar-refractivity contribution in [3.63, 3.8) is 0 Å². The topological polar surface area (TPSA) is 53.5 Å². The van der Waals surface area contributed by atoms with Gasteiger partial charge in [-0.2, -0.15) is 0 Å². The molecule has 3 aliphatic rings. The summed E-state index contributed by atoms with van der Waals surface area (Å²) in [6.07, 6.45) is 9.62. The fourth-order valence-corrected chi connectivity index (χ4v) is 5.67. The Labute approximate surface area is 168 Å². The number of hydrogen-bond donors (Lipinski definition) is 0. The van der Waals surface area contributed by atoms with Crippen LogP contribution in [0.25, 0.3) is 0 Å². The van der Waals surface area contributed by atoms with Gasteiger partial charge < -0.3 is 9.80 Å². The van der Waals surface area contributed by atoms with E-state index < -0.39 is 0 Å². The van der Waals surface area contributed by atoms with E-state index in [0.29, 0.717) is 47.7 Å². The van der Waals surface area contributed by atoms with E-state index in [1.807, 2.05) is 17.9 Å². The molecule has 1 aromatic rings. The third-order valence-electron chi connectivity index (χ3n) is 6.95. The molecule has 0 radical (unpaired) electrons. The molecule has 0 aliphatic carbocycles. The van der Waals surface area contributed by atoms with Gasteiger partial charge in [-0.25, -0.2) is 0 Å². The summed E-state index contributed by atoms with van der Waals surface area (Å²) in [5.74, 6) is 1.90. The number of rotatable bonds is 4. The lowest BCUT2D eigenvalue weighted by Gasteiger charge is -2.56. The molecule has 4 rings (SSSR count). The maximum Gasteiger partial charge on any atom is 0.255 e. The van der Waals surface area contributed by atoms with E-state index in [0.717, 1.165) is 50.8 Å². The molecule has 0 unspecified atom stereocenters. The molecule has 4 heterocycles. The summed E-state index contributed by atoms with van der Waals surface area (Å²) < 4.78 is 0. The quantitative estimate of drug-likeness (QED) is 0.797. The summed E-state index contributed by atoms with van der Waals surface area (Å²) in [4.78, 5) is 34.5. The van der Waals surface area contributed by atoms with E-state index in [-0.39, 0.29) is 5.91 Å². The molecule has 5 heteroatoms. The third-order valence-corrected chi connectivity index (χ3v) is 6.95. The number of aryl methyl sites for hydroxylation is 1. The first-order chi connectivity index (χ1) is 13.4. The molecule has 0 spiro atoms. The van der Waals surface area contributed by atoms with E-state index in [4.69, 9.17) is 0 Å². The highest BCUT2D eigenvalue weighted by Crippen LogP contribution is 2.43. The summed E-state index contributed by atoms with van der Waals surface area (Å²) in [5.41, 5.74) is 1.71. The SMILES string of the molecule is Cc1cncc(C(=O)N2C[C@H]3C[C@@H](C2)[C@H](CCC(C)C)N2C(=O)CCC[C@@H]32)c1. The molecule has 1 aromatic heterocycles. The number of aromatic nitrogens is 1. The predicted molar refractivity (Wildman–Crippen MR) is 109 cm³/mol. The molecule has 2 bridgehead atoms. The lowest BCUT2D eigenvalue weighted by molar-refractivity contribution is -0.152. The van der Waals surface area contributed by atoms with Crippen molar-refractivity contribution in [2.24, 2.45) is 17.8 Å². The van der Waals surface area contributed by atoms with Crippen LogP contribution in [0.3, 0.4) is 0 Å². The van der Waals surface area contributed by atoms with Crippen molar-refractivity contribution in [2.75, 3.05) is 13.1 Å². The number of carbonyl (C=O) groups excluding carboxylic acids is 2. The van der Waals surface area contributed by atoms with E-state index in [1.165, 1.54) is 0 Å². The Morgan fingerprint density at radius 3 is 2.79 bits per heavy atom. The molecule has 3 saturated heterocycles. The zero-order valence-corrected chi connectivity index (χ0v) is 17.4. The lowest BCUT2D eigenvalue weighted by atomic mass is 9.70. The molecule has 3 fully saturated rings. The van der Waals surface area contributed by atoms with E-state index in [2.05, 4.69) is 23.7 Å². The Kier molecular flexibility index (Phi) is 5.44. The van der Waals surface area contributed by atoms with Crippen molar-refractivity contribution < 1.29 is 9.59 Å². The van der Waals surface area contributed by atoms with Gasteiger partial charge in [0.15, 0.2) is 0 Å². The summed E-state index contributed by atoms with van der Waals surface area (Å²) in [5, 5.41) is 0. The largest absolute Gasteiger partial charge is 0.338 e. The summed E-state index contributed by atoms with van der Waals surface area (Å²) in [6, 6.07) is 2.55. The second-order valence-corrected chi connectivity index (χ2v) is 9.52. The zero-order valence-electron chi connectivity index (χ0n) is 17.4. The molecule has 152 valence electrons. The van der Waals surface area contributed by atoms with Crippen LogP contribution in [0.5, 0.6) is 0 Å². The maximum atomic E-state index is 13.2. The number of nitrogens with zero attached hydrogens (tertiary/aromatic N) is 3. The van der Waals surface area contributed by atoms with Crippen LogP contribution >= 0.6 is 0 Å². The highest BCUT2D eigenvalue weighted by molar-refractivity contribution is 5.94. The Morgan fingerprint density at radius 2 is 2.04 bits per heavy atom. The molecular formula is C23H33N3O2. The second-order valence-electron chi connectivity index (χ2n) is 9.52. The molecule has 2 amide bonds. The average Bonchev–Trinajstić information content (AvgIpc) is 2.67. The van der Waals surface area contributed by atoms with Crippen LogP contribution < -0.4 is 0 Å². The van der Waals surface area contributed by atoms with Gasteiger partial charge in [0.2, 0.25) is 5.91 Å².